The average molecular weight is 743 g/mol. The molecule has 2 aliphatic carbocycles. The summed E-state index contributed by atoms with van der Waals surface area (Å²) in [5.41, 5.74) is 6.89. The number of likely N-dealkylation sites (tertiary alicyclic amines) is 2. The van der Waals surface area contributed by atoms with E-state index in [0.717, 1.165) is 83.6 Å². The van der Waals surface area contributed by atoms with Crippen LogP contribution in [0.4, 0.5) is 17.2 Å². The third-order valence-corrected chi connectivity index (χ3v) is 13.6. The maximum absolute atomic E-state index is 15.0. The summed E-state index contributed by atoms with van der Waals surface area (Å²) in [7, 11) is 1.64. The van der Waals surface area contributed by atoms with Crippen molar-refractivity contribution in [2.75, 3.05) is 43.4 Å². The van der Waals surface area contributed by atoms with Gasteiger partial charge in [-0.25, -0.2) is 9.97 Å². The number of aromatic nitrogens is 3. The van der Waals surface area contributed by atoms with E-state index >= 15 is 0 Å². The maximum atomic E-state index is 15.0. The fraction of sp³-hybridized carbons (Fsp3) is 0.523. The van der Waals surface area contributed by atoms with Crippen molar-refractivity contribution in [3.05, 3.63) is 65.5 Å². The molecule has 11 nitrogen and oxygen atoms in total. The summed E-state index contributed by atoms with van der Waals surface area (Å²) in [5.74, 6) is 0.975. The van der Waals surface area contributed by atoms with Gasteiger partial charge in [0.25, 0.3) is 5.91 Å². The van der Waals surface area contributed by atoms with Crippen molar-refractivity contribution in [2.24, 2.45) is 5.41 Å². The largest absolute Gasteiger partial charge is 0.355 e. The highest BCUT2D eigenvalue weighted by molar-refractivity contribution is 6.09. The Balaban J connectivity index is 1.09. The van der Waals surface area contributed by atoms with Gasteiger partial charge < -0.3 is 29.9 Å². The molecule has 5 heterocycles. The van der Waals surface area contributed by atoms with Crippen molar-refractivity contribution in [1.29, 1.82) is 0 Å². The summed E-state index contributed by atoms with van der Waals surface area (Å²) in [5, 5.41) is 6.30. The number of carbonyl (C=O) groups is 3. The second-order valence-corrected chi connectivity index (χ2v) is 17.4. The van der Waals surface area contributed by atoms with Gasteiger partial charge in [0.15, 0.2) is 5.82 Å². The molecule has 2 aromatic carbocycles. The predicted octanol–water partition coefficient (Wildman–Crippen LogP) is 7.11. The van der Waals surface area contributed by atoms with Gasteiger partial charge >= 0.3 is 0 Å². The lowest BCUT2D eigenvalue weighted by atomic mass is 9.73. The van der Waals surface area contributed by atoms with Crippen LogP contribution in [0.3, 0.4) is 0 Å². The van der Waals surface area contributed by atoms with Crippen molar-refractivity contribution in [3.8, 4) is 11.3 Å². The number of aryl methyl sites for hydroxylation is 1. The molecule has 9 rings (SSSR count). The summed E-state index contributed by atoms with van der Waals surface area (Å²) < 4.78 is 2.12. The van der Waals surface area contributed by atoms with Gasteiger partial charge in [-0.05, 0) is 121 Å². The zero-order valence-corrected chi connectivity index (χ0v) is 33.0. The number of fused-ring (bicyclic) bond motifs is 3. The minimum Gasteiger partial charge on any atom is -0.355 e. The first-order valence-corrected chi connectivity index (χ1v) is 20.5. The minimum absolute atomic E-state index is 0.140. The normalized spacial score (nSPS) is 22.9. The van der Waals surface area contributed by atoms with E-state index in [4.69, 9.17) is 9.97 Å². The zero-order valence-electron chi connectivity index (χ0n) is 33.0. The second kappa shape index (κ2) is 13.5. The van der Waals surface area contributed by atoms with Gasteiger partial charge in [0.05, 0.1) is 23.0 Å². The van der Waals surface area contributed by atoms with Gasteiger partial charge in [-0.15, -0.1) is 0 Å². The Morgan fingerprint density at radius 3 is 2.35 bits per heavy atom. The molecular formula is C44H54N8O3. The molecule has 288 valence electrons. The molecular weight excluding hydrogens is 689 g/mol. The van der Waals surface area contributed by atoms with Gasteiger partial charge in [0, 0.05) is 66.2 Å². The molecule has 55 heavy (non-hydrogen) atoms. The van der Waals surface area contributed by atoms with Crippen LogP contribution >= 0.6 is 0 Å². The number of anilines is 3. The van der Waals surface area contributed by atoms with Gasteiger partial charge in [0.1, 0.15) is 5.52 Å². The molecule has 2 aromatic heterocycles. The van der Waals surface area contributed by atoms with Crippen LogP contribution in [0.25, 0.3) is 22.3 Å². The average Bonchev–Trinajstić information content (AvgIpc) is 3.71. The fourth-order valence-electron chi connectivity index (χ4n) is 9.72. The predicted molar refractivity (Wildman–Crippen MR) is 216 cm³/mol. The SMILES string of the molecule is CNC(=O)c1cc(Nc2nc(-c3ccc4c(c3)N(C3CC(N5CCCCC5)C3)C(=O)C43CCN(C(=O)C4(C)CC4)CC3)cc3ncn(C(C)C)c23)ccc1C. The Bertz CT molecular complexity index is 2180. The molecule has 5 aliphatic rings. The summed E-state index contributed by atoms with van der Waals surface area (Å²) in [4.78, 5) is 57.9. The van der Waals surface area contributed by atoms with Crippen molar-refractivity contribution in [2.45, 2.75) is 109 Å². The standard InChI is InChI=1S/C44H54N8O3/c1-27(2)51-26-46-36-25-35(48-39(38(36)51)47-30-11-9-28(3)33(22-30)40(53)45-5)29-10-12-34-37(21-29)52(32-23-31(24-32)49-17-7-6-8-18-49)42(55)44(34)15-19-50(20-16-44)41(54)43(4)13-14-43/h9-12,21-22,25-27,31-32H,6-8,13-20,23-24H2,1-5H3,(H,45,53)(H,47,48). The number of pyridine rings is 1. The molecule has 3 amide bonds. The highest BCUT2D eigenvalue weighted by atomic mass is 16.2. The Labute approximate surface area is 323 Å². The molecule has 0 radical (unpaired) electrons. The quantitative estimate of drug-likeness (QED) is 0.198. The summed E-state index contributed by atoms with van der Waals surface area (Å²) >= 11 is 0. The highest BCUT2D eigenvalue weighted by Crippen LogP contribution is 2.53. The molecule has 11 heteroatoms. The van der Waals surface area contributed by atoms with E-state index in [9.17, 15) is 14.4 Å². The van der Waals surface area contributed by atoms with Crippen molar-refractivity contribution in [3.63, 3.8) is 0 Å². The first-order valence-electron chi connectivity index (χ1n) is 20.5. The number of rotatable bonds is 8. The number of nitrogens with one attached hydrogen (secondary N) is 2. The first-order chi connectivity index (χ1) is 26.5. The Hall–Kier alpha value is -4.77. The van der Waals surface area contributed by atoms with Crippen LogP contribution in [0.1, 0.15) is 106 Å². The topological polar surface area (TPSA) is 116 Å². The van der Waals surface area contributed by atoms with E-state index in [-0.39, 0.29) is 35.2 Å². The minimum atomic E-state index is -0.626. The summed E-state index contributed by atoms with van der Waals surface area (Å²) in [6, 6.07) is 15.1. The molecule has 2 N–H and O–H groups in total. The molecule has 2 saturated carbocycles. The molecule has 0 unspecified atom stereocenters. The third kappa shape index (κ3) is 6.01. The van der Waals surface area contributed by atoms with Crippen molar-refractivity contribution >= 4 is 45.9 Å². The highest BCUT2D eigenvalue weighted by Gasteiger charge is 2.57. The Kier molecular flexibility index (Phi) is 8.79. The van der Waals surface area contributed by atoms with E-state index in [1.807, 2.05) is 42.4 Å². The maximum Gasteiger partial charge on any atom is 0.251 e. The first kappa shape index (κ1) is 35.9. The third-order valence-electron chi connectivity index (χ3n) is 13.6. The molecule has 0 atom stereocenters. The summed E-state index contributed by atoms with van der Waals surface area (Å²) in [6.45, 7) is 11.8. The number of amides is 3. The van der Waals surface area contributed by atoms with Gasteiger partial charge in [-0.1, -0.05) is 31.5 Å². The van der Waals surface area contributed by atoms with Gasteiger partial charge in [0.2, 0.25) is 11.8 Å². The second-order valence-electron chi connectivity index (χ2n) is 17.4. The molecule has 4 fully saturated rings. The lowest BCUT2D eigenvalue weighted by Crippen LogP contribution is -2.58. The number of nitrogens with zero attached hydrogens (tertiary/aromatic N) is 6. The molecule has 1 spiro atoms. The lowest BCUT2D eigenvalue weighted by molar-refractivity contribution is -0.140. The number of piperidine rings is 2. The molecule has 2 saturated heterocycles. The molecule has 0 bridgehead atoms. The smallest absolute Gasteiger partial charge is 0.251 e. The van der Waals surface area contributed by atoms with Crippen LogP contribution in [0.15, 0.2) is 48.8 Å². The Morgan fingerprint density at radius 1 is 0.909 bits per heavy atom. The molecule has 4 aromatic rings. The monoisotopic (exact) mass is 742 g/mol. The van der Waals surface area contributed by atoms with Crippen molar-refractivity contribution < 1.29 is 14.4 Å². The fourth-order valence-corrected chi connectivity index (χ4v) is 9.72. The van der Waals surface area contributed by atoms with Crippen LogP contribution in [-0.2, 0) is 15.0 Å². The van der Waals surface area contributed by atoms with Crippen LogP contribution in [-0.4, -0.2) is 87.4 Å². The van der Waals surface area contributed by atoms with E-state index in [0.29, 0.717) is 43.4 Å². The Morgan fingerprint density at radius 2 is 1.65 bits per heavy atom. The van der Waals surface area contributed by atoms with E-state index in [1.165, 1.54) is 19.3 Å². The zero-order chi connectivity index (χ0) is 38.2. The lowest BCUT2D eigenvalue weighted by Gasteiger charge is -2.48. The van der Waals surface area contributed by atoms with Crippen LogP contribution in [0, 0.1) is 12.3 Å². The van der Waals surface area contributed by atoms with E-state index in [1.54, 1.807) is 7.05 Å². The number of benzene rings is 2. The number of carbonyl (C=O) groups excluding carboxylic acids is 3. The van der Waals surface area contributed by atoms with Crippen molar-refractivity contribution in [1.82, 2.24) is 29.7 Å². The number of imidazole rings is 1. The van der Waals surface area contributed by atoms with Crippen LogP contribution in [0.5, 0.6) is 0 Å². The number of hydrogen-bond donors (Lipinski definition) is 2. The molecule has 3 aliphatic heterocycles. The van der Waals surface area contributed by atoms with Crippen LogP contribution in [0.2, 0.25) is 0 Å². The van der Waals surface area contributed by atoms with Gasteiger partial charge in [-0.3, -0.25) is 14.4 Å². The van der Waals surface area contributed by atoms with E-state index in [2.05, 4.69) is 64.0 Å². The summed E-state index contributed by atoms with van der Waals surface area (Å²) in [6.07, 6.45) is 10.9. The van der Waals surface area contributed by atoms with Gasteiger partial charge in [-0.2, -0.15) is 0 Å². The van der Waals surface area contributed by atoms with Crippen LogP contribution < -0.4 is 15.5 Å². The van der Waals surface area contributed by atoms with E-state index < -0.39 is 5.41 Å². The number of hydrogen-bond acceptors (Lipinski definition) is 7.